The van der Waals surface area contributed by atoms with Crippen LogP contribution in [0.1, 0.15) is 15.9 Å². The van der Waals surface area contributed by atoms with E-state index >= 15 is 0 Å². The molecule has 11 heteroatoms. The summed E-state index contributed by atoms with van der Waals surface area (Å²) in [6.45, 7) is 0.0135. The number of rotatable bonds is 7. The number of halogens is 1. The monoisotopic (exact) mass is 468 g/mol. The molecule has 0 N–H and O–H groups in total. The standard InChI is InChI=1S/C22H17FN4O5S/c1-31-17-9-14(16(27(29)30)10-18(17)32-2)21(28)26(12-13-5-4-8-24-11-13)22-25-20-15(23)6-3-7-19(20)33-22/h3-11H,12H2,1-2H3. The summed E-state index contributed by atoms with van der Waals surface area (Å²) in [4.78, 5) is 34.4. The van der Waals surface area contributed by atoms with Gasteiger partial charge in [-0.25, -0.2) is 9.37 Å². The maximum atomic E-state index is 14.3. The predicted octanol–water partition coefficient (Wildman–Crippen LogP) is 4.60. The Hall–Kier alpha value is -4.12. The van der Waals surface area contributed by atoms with E-state index in [4.69, 9.17) is 9.47 Å². The van der Waals surface area contributed by atoms with Crippen molar-refractivity contribution in [2.24, 2.45) is 0 Å². The van der Waals surface area contributed by atoms with Gasteiger partial charge in [-0.3, -0.25) is 24.8 Å². The Morgan fingerprint density at radius 1 is 1.18 bits per heavy atom. The van der Waals surface area contributed by atoms with Gasteiger partial charge < -0.3 is 9.47 Å². The first-order valence-electron chi connectivity index (χ1n) is 9.59. The minimum absolute atomic E-state index is 0.0135. The molecule has 0 bridgehead atoms. The highest BCUT2D eigenvalue weighted by molar-refractivity contribution is 7.22. The quantitative estimate of drug-likeness (QED) is 0.288. The molecule has 168 valence electrons. The lowest BCUT2D eigenvalue weighted by Crippen LogP contribution is -2.31. The van der Waals surface area contributed by atoms with E-state index < -0.39 is 22.3 Å². The van der Waals surface area contributed by atoms with Crippen LogP contribution in [0, 0.1) is 15.9 Å². The van der Waals surface area contributed by atoms with Gasteiger partial charge in [-0.15, -0.1) is 0 Å². The van der Waals surface area contributed by atoms with Crippen molar-refractivity contribution in [2.75, 3.05) is 19.1 Å². The molecule has 0 saturated heterocycles. The topological polar surface area (TPSA) is 108 Å². The molecule has 0 aliphatic carbocycles. The number of nitro groups is 1. The number of aromatic nitrogens is 2. The second-order valence-electron chi connectivity index (χ2n) is 6.82. The van der Waals surface area contributed by atoms with Crippen LogP contribution in [0.5, 0.6) is 11.5 Å². The van der Waals surface area contributed by atoms with Crippen LogP contribution < -0.4 is 14.4 Å². The molecular weight excluding hydrogens is 451 g/mol. The molecule has 9 nitrogen and oxygen atoms in total. The highest BCUT2D eigenvalue weighted by Crippen LogP contribution is 2.37. The summed E-state index contributed by atoms with van der Waals surface area (Å²) in [7, 11) is 2.70. The molecule has 0 saturated carbocycles. The molecule has 4 aromatic rings. The third-order valence-corrected chi connectivity index (χ3v) is 5.87. The van der Waals surface area contributed by atoms with Crippen LogP contribution in [0.25, 0.3) is 10.2 Å². The van der Waals surface area contributed by atoms with Gasteiger partial charge in [0, 0.05) is 18.5 Å². The van der Waals surface area contributed by atoms with Crippen molar-refractivity contribution in [3.8, 4) is 11.5 Å². The van der Waals surface area contributed by atoms with Crippen molar-refractivity contribution >= 4 is 38.3 Å². The summed E-state index contributed by atoms with van der Waals surface area (Å²) in [5.74, 6) is -0.961. The molecule has 0 radical (unpaired) electrons. The van der Waals surface area contributed by atoms with Gasteiger partial charge >= 0.3 is 0 Å². The van der Waals surface area contributed by atoms with Gasteiger partial charge in [0.15, 0.2) is 16.6 Å². The maximum absolute atomic E-state index is 14.3. The number of ether oxygens (including phenoxy) is 2. The Bertz CT molecular complexity index is 1350. The average molecular weight is 468 g/mol. The molecule has 2 heterocycles. The number of pyridine rings is 1. The molecule has 2 aromatic heterocycles. The summed E-state index contributed by atoms with van der Waals surface area (Å²) in [5.41, 5.74) is 0.0967. The van der Waals surface area contributed by atoms with Gasteiger partial charge in [-0.1, -0.05) is 23.5 Å². The number of carbonyl (C=O) groups excluding carboxylic acids is 1. The van der Waals surface area contributed by atoms with Crippen molar-refractivity contribution in [1.29, 1.82) is 0 Å². The number of hydrogen-bond acceptors (Lipinski definition) is 8. The Balaban J connectivity index is 1.87. The first kappa shape index (κ1) is 22.1. The van der Waals surface area contributed by atoms with Crippen LogP contribution in [0.3, 0.4) is 0 Å². The zero-order valence-corrected chi connectivity index (χ0v) is 18.3. The Morgan fingerprint density at radius 3 is 2.58 bits per heavy atom. The third kappa shape index (κ3) is 4.30. The molecule has 2 aromatic carbocycles. The summed E-state index contributed by atoms with van der Waals surface area (Å²) in [6, 6.07) is 10.4. The number of benzene rings is 2. The molecule has 0 aliphatic heterocycles. The van der Waals surface area contributed by atoms with Gasteiger partial charge in [-0.2, -0.15) is 0 Å². The molecule has 4 rings (SSSR count). The molecule has 1 amide bonds. The van der Waals surface area contributed by atoms with Crippen LogP contribution in [0.15, 0.2) is 54.9 Å². The van der Waals surface area contributed by atoms with Crippen LogP contribution in [-0.4, -0.2) is 35.0 Å². The summed E-state index contributed by atoms with van der Waals surface area (Å²) >= 11 is 1.10. The number of nitro benzene ring substituents is 1. The van der Waals surface area contributed by atoms with E-state index in [2.05, 4.69) is 9.97 Å². The molecule has 0 unspecified atom stereocenters. The predicted molar refractivity (Wildman–Crippen MR) is 121 cm³/mol. The van der Waals surface area contributed by atoms with E-state index in [1.807, 2.05) is 0 Å². The van der Waals surface area contributed by atoms with Crippen LogP contribution in [-0.2, 0) is 6.54 Å². The number of amides is 1. The van der Waals surface area contributed by atoms with Gasteiger partial charge in [0.2, 0.25) is 0 Å². The molecule has 0 spiro atoms. The fourth-order valence-corrected chi connectivity index (χ4v) is 4.23. The lowest BCUT2D eigenvalue weighted by atomic mass is 10.1. The second kappa shape index (κ2) is 9.17. The molecule has 0 atom stereocenters. The first-order chi connectivity index (χ1) is 15.9. The lowest BCUT2D eigenvalue weighted by molar-refractivity contribution is -0.385. The van der Waals surface area contributed by atoms with Crippen LogP contribution in [0.4, 0.5) is 15.2 Å². The van der Waals surface area contributed by atoms with Crippen LogP contribution >= 0.6 is 11.3 Å². The van der Waals surface area contributed by atoms with Gasteiger partial charge in [0.1, 0.15) is 16.9 Å². The molecular formula is C22H17FN4O5S. The van der Waals surface area contributed by atoms with Crippen molar-refractivity contribution < 1.29 is 23.6 Å². The Labute approximate surface area is 191 Å². The SMILES string of the molecule is COc1cc(C(=O)N(Cc2cccnc2)c2nc3c(F)cccc3s2)c([N+](=O)[O-])cc1OC. The summed E-state index contributed by atoms with van der Waals surface area (Å²) < 4.78 is 25.2. The summed E-state index contributed by atoms with van der Waals surface area (Å²) in [5, 5.41) is 12.0. The molecule has 0 fully saturated rings. The second-order valence-corrected chi connectivity index (χ2v) is 7.83. The van der Waals surface area contributed by atoms with E-state index in [9.17, 15) is 19.3 Å². The highest BCUT2D eigenvalue weighted by Gasteiger charge is 2.30. The van der Waals surface area contributed by atoms with Crippen molar-refractivity contribution in [3.05, 3.63) is 81.9 Å². The summed E-state index contributed by atoms with van der Waals surface area (Å²) in [6.07, 6.45) is 3.15. The van der Waals surface area contributed by atoms with Gasteiger partial charge in [0.25, 0.3) is 11.6 Å². The fourth-order valence-electron chi connectivity index (χ4n) is 3.26. The van der Waals surface area contributed by atoms with E-state index in [-0.39, 0.29) is 34.3 Å². The van der Waals surface area contributed by atoms with Crippen molar-refractivity contribution in [1.82, 2.24) is 9.97 Å². The first-order valence-corrected chi connectivity index (χ1v) is 10.4. The number of anilines is 1. The van der Waals surface area contributed by atoms with Crippen molar-refractivity contribution in [2.45, 2.75) is 6.54 Å². The number of para-hydroxylation sites is 1. The number of hydrogen-bond donors (Lipinski definition) is 0. The lowest BCUT2D eigenvalue weighted by Gasteiger charge is -2.20. The maximum Gasteiger partial charge on any atom is 0.286 e. The number of fused-ring (bicyclic) bond motifs is 1. The largest absolute Gasteiger partial charge is 0.493 e. The van der Waals surface area contributed by atoms with Gasteiger partial charge in [-0.05, 0) is 23.8 Å². The smallest absolute Gasteiger partial charge is 0.286 e. The van der Waals surface area contributed by atoms with E-state index in [0.29, 0.717) is 10.3 Å². The van der Waals surface area contributed by atoms with Gasteiger partial charge in [0.05, 0.1) is 36.5 Å². The minimum atomic E-state index is -0.703. The van der Waals surface area contributed by atoms with Crippen LogP contribution in [0.2, 0.25) is 0 Å². The van der Waals surface area contributed by atoms with E-state index in [1.54, 1.807) is 36.7 Å². The third-order valence-electron chi connectivity index (χ3n) is 4.83. The van der Waals surface area contributed by atoms with E-state index in [0.717, 1.165) is 17.4 Å². The fraction of sp³-hybridized carbons (Fsp3) is 0.136. The molecule has 0 aliphatic rings. The van der Waals surface area contributed by atoms with Crippen molar-refractivity contribution in [3.63, 3.8) is 0 Å². The highest BCUT2D eigenvalue weighted by atomic mass is 32.1. The minimum Gasteiger partial charge on any atom is -0.493 e. The Kier molecular flexibility index (Phi) is 6.13. The zero-order chi connectivity index (χ0) is 23.5. The Morgan fingerprint density at radius 2 is 1.94 bits per heavy atom. The molecule has 33 heavy (non-hydrogen) atoms. The number of thiazole rings is 1. The number of methoxy groups -OCH3 is 2. The number of carbonyl (C=O) groups is 1. The average Bonchev–Trinajstić information content (AvgIpc) is 3.27. The van der Waals surface area contributed by atoms with E-state index in [1.165, 1.54) is 31.3 Å². The number of nitrogens with zero attached hydrogens (tertiary/aromatic N) is 4. The zero-order valence-electron chi connectivity index (χ0n) is 17.5. The normalized spacial score (nSPS) is 10.8.